The Balaban J connectivity index is 2.45. The number of hydrogen-bond acceptors (Lipinski definition) is 6. The van der Waals surface area contributed by atoms with Crippen LogP contribution in [0.5, 0.6) is 11.5 Å². The molecule has 0 spiro atoms. The van der Waals surface area contributed by atoms with Gasteiger partial charge in [-0.1, -0.05) is 19.9 Å². The summed E-state index contributed by atoms with van der Waals surface area (Å²) in [4.78, 5) is 25.8. The first-order chi connectivity index (χ1) is 16.2. The van der Waals surface area contributed by atoms with E-state index in [-0.39, 0.29) is 36.0 Å². The summed E-state index contributed by atoms with van der Waals surface area (Å²) in [7, 11) is 3.19. The van der Waals surface area contributed by atoms with Crippen molar-refractivity contribution in [3.63, 3.8) is 0 Å². The molecule has 1 heterocycles. The molecule has 0 aliphatic rings. The maximum Gasteiger partial charge on any atom is 0.308 e. The molecule has 194 valence electrons. The minimum atomic E-state index is -0.586. The summed E-state index contributed by atoms with van der Waals surface area (Å²) in [5.74, 6) is 0.817. The van der Waals surface area contributed by atoms with Gasteiger partial charge in [-0.05, 0) is 72.1 Å². The molecule has 1 aromatic heterocycles. The molecule has 0 saturated heterocycles. The highest BCUT2D eigenvalue weighted by molar-refractivity contribution is 5.94. The van der Waals surface area contributed by atoms with Crippen LogP contribution in [0.3, 0.4) is 0 Å². The molecule has 1 amide bonds. The quantitative estimate of drug-likeness (QED) is 0.489. The zero-order valence-electron chi connectivity index (χ0n) is 22.8. The Bertz CT molecular complexity index is 1010. The predicted molar refractivity (Wildman–Crippen MR) is 137 cm³/mol. The standard InChI is InChI=1S/C27H41N3O5/c1-17(2)14-18(15-23(31)35-27(6,7)8)28-25(32)19-16-20(30(29-19)26(3,4)5)24-21(33-9)12-11-13-22(24)34-10/h11-13,16-18H,14-15H2,1-10H3,(H,28,32)/t18-/m0/s1. The number of rotatable bonds is 9. The summed E-state index contributed by atoms with van der Waals surface area (Å²) in [6.07, 6.45) is 0.729. The van der Waals surface area contributed by atoms with Crippen LogP contribution in [0.25, 0.3) is 11.3 Å². The first-order valence-corrected chi connectivity index (χ1v) is 12.0. The molecule has 0 radical (unpaired) electrons. The van der Waals surface area contributed by atoms with Crippen LogP contribution in [0, 0.1) is 5.92 Å². The second kappa shape index (κ2) is 11.1. The Morgan fingerprint density at radius 2 is 1.60 bits per heavy atom. The summed E-state index contributed by atoms with van der Waals surface area (Å²) in [5, 5.41) is 7.66. The van der Waals surface area contributed by atoms with Crippen molar-refractivity contribution in [1.82, 2.24) is 15.1 Å². The Morgan fingerprint density at radius 1 is 1.03 bits per heavy atom. The first-order valence-electron chi connectivity index (χ1n) is 12.0. The van der Waals surface area contributed by atoms with Crippen LogP contribution in [0.2, 0.25) is 0 Å². The maximum atomic E-state index is 13.3. The summed E-state index contributed by atoms with van der Waals surface area (Å²) >= 11 is 0. The van der Waals surface area contributed by atoms with Crippen molar-refractivity contribution in [2.75, 3.05) is 14.2 Å². The molecular formula is C27H41N3O5. The molecule has 0 aliphatic carbocycles. The molecule has 0 bridgehead atoms. The molecule has 0 unspecified atom stereocenters. The minimum Gasteiger partial charge on any atom is -0.496 e. The Kier molecular flexibility index (Phi) is 8.98. The van der Waals surface area contributed by atoms with E-state index in [4.69, 9.17) is 14.2 Å². The minimum absolute atomic E-state index is 0.0916. The molecule has 8 nitrogen and oxygen atoms in total. The fourth-order valence-electron chi connectivity index (χ4n) is 3.89. The van der Waals surface area contributed by atoms with Gasteiger partial charge in [0.1, 0.15) is 17.1 Å². The molecular weight excluding hydrogens is 446 g/mol. The lowest BCUT2D eigenvalue weighted by Crippen LogP contribution is -2.39. The molecule has 2 rings (SSSR count). The lowest BCUT2D eigenvalue weighted by Gasteiger charge is -2.24. The lowest BCUT2D eigenvalue weighted by atomic mass is 10.0. The van der Waals surface area contributed by atoms with Gasteiger partial charge in [0.2, 0.25) is 0 Å². The summed E-state index contributed by atoms with van der Waals surface area (Å²) in [6.45, 7) is 15.6. The number of benzene rings is 1. The fourth-order valence-corrected chi connectivity index (χ4v) is 3.89. The highest BCUT2D eigenvalue weighted by Gasteiger charge is 2.28. The van der Waals surface area contributed by atoms with Crippen molar-refractivity contribution in [1.29, 1.82) is 0 Å². The van der Waals surface area contributed by atoms with E-state index in [2.05, 4.69) is 24.3 Å². The van der Waals surface area contributed by atoms with Crippen molar-refractivity contribution >= 4 is 11.9 Å². The molecule has 2 aromatic rings. The molecule has 1 aromatic carbocycles. The lowest BCUT2D eigenvalue weighted by molar-refractivity contribution is -0.155. The van der Waals surface area contributed by atoms with E-state index in [1.54, 1.807) is 25.0 Å². The second-order valence-corrected chi connectivity index (χ2v) is 11.1. The van der Waals surface area contributed by atoms with E-state index >= 15 is 0 Å². The van der Waals surface area contributed by atoms with Crippen LogP contribution in [0.15, 0.2) is 24.3 Å². The van der Waals surface area contributed by atoms with Crippen LogP contribution in [0.4, 0.5) is 0 Å². The van der Waals surface area contributed by atoms with E-state index in [9.17, 15) is 9.59 Å². The molecule has 1 N–H and O–H groups in total. The van der Waals surface area contributed by atoms with E-state index in [0.29, 0.717) is 29.2 Å². The van der Waals surface area contributed by atoms with Gasteiger partial charge in [-0.15, -0.1) is 0 Å². The van der Waals surface area contributed by atoms with E-state index < -0.39 is 11.1 Å². The zero-order chi connectivity index (χ0) is 26.6. The molecule has 8 heteroatoms. The monoisotopic (exact) mass is 487 g/mol. The molecule has 35 heavy (non-hydrogen) atoms. The van der Waals surface area contributed by atoms with Gasteiger partial charge in [0.15, 0.2) is 5.69 Å². The van der Waals surface area contributed by atoms with Crippen LogP contribution in [-0.2, 0) is 15.1 Å². The van der Waals surface area contributed by atoms with Gasteiger partial charge in [0.05, 0.1) is 37.4 Å². The summed E-state index contributed by atoms with van der Waals surface area (Å²) < 4.78 is 18.5. The van der Waals surface area contributed by atoms with Crippen molar-refractivity contribution in [2.24, 2.45) is 5.92 Å². The van der Waals surface area contributed by atoms with E-state index in [1.165, 1.54) is 0 Å². The van der Waals surface area contributed by atoms with Gasteiger partial charge in [0, 0.05) is 6.04 Å². The molecule has 0 aliphatic heterocycles. The average molecular weight is 488 g/mol. The molecule has 0 fully saturated rings. The summed E-state index contributed by atoms with van der Waals surface area (Å²) in [5.41, 5.74) is 0.655. The molecule has 0 saturated carbocycles. The number of methoxy groups -OCH3 is 2. The largest absolute Gasteiger partial charge is 0.496 e. The summed E-state index contributed by atoms with van der Waals surface area (Å²) in [6, 6.07) is 6.90. The van der Waals surface area contributed by atoms with Crippen molar-refractivity contribution in [2.45, 2.75) is 85.4 Å². The Morgan fingerprint density at radius 3 is 2.06 bits per heavy atom. The number of carbonyl (C=O) groups is 2. The van der Waals surface area contributed by atoms with E-state index in [1.807, 2.05) is 59.7 Å². The number of esters is 1. The number of hydrogen-bond donors (Lipinski definition) is 1. The van der Waals surface area contributed by atoms with Gasteiger partial charge >= 0.3 is 5.97 Å². The average Bonchev–Trinajstić information content (AvgIpc) is 3.16. The maximum absolute atomic E-state index is 13.3. The fraction of sp³-hybridized carbons (Fsp3) is 0.593. The number of nitrogens with one attached hydrogen (secondary N) is 1. The third kappa shape index (κ3) is 7.73. The third-order valence-electron chi connectivity index (χ3n) is 5.19. The van der Waals surface area contributed by atoms with Crippen LogP contribution < -0.4 is 14.8 Å². The van der Waals surface area contributed by atoms with Crippen LogP contribution in [0.1, 0.15) is 78.7 Å². The van der Waals surface area contributed by atoms with Crippen molar-refractivity contribution in [3.05, 3.63) is 30.0 Å². The van der Waals surface area contributed by atoms with Gasteiger partial charge in [-0.25, -0.2) is 0 Å². The topological polar surface area (TPSA) is 91.7 Å². The van der Waals surface area contributed by atoms with Gasteiger partial charge in [-0.3, -0.25) is 14.3 Å². The van der Waals surface area contributed by atoms with E-state index in [0.717, 1.165) is 0 Å². The Labute approximate surface area is 209 Å². The van der Waals surface area contributed by atoms with Crippen LogP contribution >= 0.6 is 0 Å². The molecule has 1 atom stereocenters. The zero-order valence-corrected chi connectivity index (χ0v) is 22.8. The van der Waals surface area contributed by atoms with Gasteiger partial charge in [0.25, 0.3) is 5.91 Å². The highest BCUT2D eigenvalue weighted by atomic mass is 16.6. The number of nitrogens with zero attached hydrogens (tertiary/aromatic N) is 2. The third-order valence-corrected chi connectivity index (χ3v) is 5.19. The van der Waals surface area contributed by atoms with Gasteiger partial charge in [-0.2, -0.15) is 5.10 Å². The first kappa shape index (κ1) is 28.2. The van der Waals surface area contributed by atoms with Crippen molar-refractivity contribution < 1.29 is 23.8 Å². The number of amides is 1. The second-order valence-electron chi connectivity index (χ2n) is 11.1. The number of ether oxygens (including phenoxy) is 3. The van der Waals surface area contributed by atoms with Gasteiger partial charge < -0.3 is 19.5 Å². The SMILES string of the molecule is COc1cccc(OC)c1-c1cc(C(=O)N[C@H](CC(=O)OC(C)(C)C)CC(C)C)nn1C(C)(C)C. The highest BCUT2D eigenvalue weighted by Crippen LogP contribution is 2.40. The predicted octanol–water partition coefficient (Wildman–Crippen LogP) is 5.20. The normalized spacial score (nSPS) is 12.9. The van der Waals surface area contributed by atoms with Crippen molar-refractivity contribution in [3.8, 4) is 22.8 Å². The smallest absolute Gasteiger partial charge is 0.308 e. The van der Waals surface area contributed by atoms with Crippen LogP contribution in [-0.4, -0.2) is 47.5 Å². The Hall–Kier alpha value is -3.03. The number of aromatic nitrogens is 2. The number of carbonyl (C=O) groups excluding carboxylic acids is 2.